The van der Waals surface area contributed by atoms with Gasteiger partial charge in [0.2, 0.25) is 0 Å². The fraction of sp³-hybridized carbons (Fsp3) is 0.920. The van der Waals surface area contributed by atoms with Gasteiger partial charge in [-0.15, -0.1) is 0 Å². The minimum atomic E-state index is -0.0332. The van der Waals surface area contributed by atoms with Crippen molar-refractivity contribution in [2.45, 2.75) is 129 Å². The maximum Gasteiger partial charge on any atom is 0.321 e. The molecule has 5 nitrogen and oxygen atoms in total. The number of Topliss-reactive ketones (excluding diaryl/α,β-unsaturated/α-hetero) is 1. The van der Waals surface area contributed by atoms with E-state index in [1.54, 1.807) is 4.90 Å². The molecule has 2 rings (SSSR count). The van der Waals surface area contributed by atoms with Gasteiger partial charge < -0.3 is 15.1 Å². The van der Waals surface area contributed by atoms with E-state index in [1.165, 1.54) is 51.4 Å². The lowest BCUT2D eigenvalue weighted by Crippen LogP contribution is -2.66. The summed E-state index contributed by atoms with van der Waals surface area (Å²) in [6, 6.07) is 0.201. The molecule has 0 spiro atoms. The molecule has 2 heterocycles. The van der Waals surface area contributed by atoms with Gasteiger partial charge in [0.15, 0.2) is 5.78 Å². The molecule has 0 aromatic carbocycles. The van der Waals surface area contributed by atoms with Crippen molar-refractivity contribution >= 4 is 11.8 Å². The molecule has 0 aliphatic carbocycles. The zero-order valence-electron chi connectivity index (χ0n) is 20.4. The first kappa shape index (κ1) is 25.2. The predicted octanol–water partition coefficient (Wildman–Crippen LogP) is 5.52. The summed E-state index contributed by atoms with van der Waals surface area (Å²) in [5.41, 5.74) is -0.0663. The molecule has 5 heteroatoms. The Morgan fingerprint density at radius 1 is 0.800 bits per heavy atom. The number of piperidine rings is 1. The third kappa shape index (κ3) is 8.20. The summed E-state index contributed by atoms with van der Waals surface area (Å²) in [6.07, 6.45) is 14.6. The molecular formula is C25H47N3O2. The first-order chi connectivity index (χ1) is 14.1. The van der Waals surface area contributed by atoms with Crippen LogP contribution in [0.25, 0.3) is 0 Å². The topological polar surface area (TPSA) is 52.7 Å². The molecule has 0 aromatic rings. The molecule has 0 radical (unpaired) electrons. The second-order valence-electron chi connectivity index (χ2n) is 11.0. The van der Waals surface area contributed by atoms with Crippen LogP contribution in [0.4, 0.5) is 4.79 Å². The molecule has 0 aromatic heterocycles. The Kier molecular flexibility index (Phi) is 9.65. The Balaban J connectivity index is 1.74. The van der Waals surface area contributed by atoms with Gasteiger partial charge in [0, 0.05) is 23.7 Å². The number of nitrogens with one attached hydrogen (secondary N) is 1. The number of unbranched alkanes of at least 4 members (excludes halogenated alkanes) is 9. The third-order valence-electron chi connectivity index (χ3n) is 6.62. The van der Waals surface area contributed by atoms with Crippen LogP contribution >= 0.6 is 0 Å². The molecule has 0 bridgehead atoms. The molecule has 174 valence electrons. The number of nitrogens with zero attached hydrogens (tertiary/aromatic N) is 2. The van der Waals surface area contributed by atoms with Crippen LogP contribution in [0.3, 0.4) is 0 Å². The number of ketones is 1. The number of rotatable bonds is 12. The molecule has 0 unspecified atom stereocenters. The maximum absolute atomic E-state index is 13.2. The number of urea groups is 1. The second-order valence-corrected chi connectivity index (χ2v) is 11.0. The largest absolute Gasteiger partial charge is 0.321 e. The van der Waals surface area contributed by atoms with Crippen LogP contribution in [0.2, 0.25) is 0 Å². The first-order valence-electron chi connectivity index (χ1n) is 12.5. The highest BCUT2D eigenvalue weighted by Gasteiger charge is 2.43. The van der Waals surface area contributed by atoms with Crippen molar-refractivity contribution in [2.24, 2.45) is 0 Å². The Morgan fingerprint density at radius 2 is 1.30 bits per heavy atom. The van der Waals surface area contributed by atoms with E-state index in [-0.39, 0.29) is 35.5 Å². The minimum Gasteiger partial charge on any atom is -0.317 e. The fourth-order valence-corrected chi connectivity index (χ4v) is 5.51. The molecule has 30 heavy (non-hydrogen) atoms. The van der Waals surface area contributed by atoms with Gasteiger partial charge in [0.25, 0.3) is 0 Å². The zero-order valence-corrected chi connectivity index (χ0v) is 20.4. The minimum absolute atomic E-state index is 0.0332. The number of carbonyl (C=O) groups is 2. The standard InChI is InChI=1S/C25H47N3O2/c1-6-7-8-9-10-11-12-13-14-15-16-27-19-22(29)20-28(23(27)30)21-17-24(2,3)26-25(4,5)18-21/h21,26H,6-20H2,1-5H3. The van der Waals surface area contributed by atoms with Gasteiger partial charge in [-0.3, -0.25) is 4.79 Å². The second kappa shape index (κ2) is 11.5. The summed E-state index contributed by atoms with van der Waals surface area (Å²) in [5, 5.41) is 3.67. The summed E-state index contributed by atoms with van der Waals surface area (Å²) >= 11 is 0. The first-order valence-corrected chi connectivity index (χ1v) is 12.5. The van der Waals surface area contributed by atoms with Gasteiger partial charge in [-0.2, -0.15) is 0 Å². The molecule has 0 atom stereocenters. The van der Waals surface area contributed by atoms with Crippen molar-refractivity contribution in [1.29, 1.82) is 0 Å². The molecule has 2 saturated heterocycles. The molecule has 2 aliphatic heterocycles. The van der Waals surface area contributed by atoms with Crippen LogP contribution in [0, 0.1) is 0 Å². The summed E-state index contributed by atoms with van der Waals surface area (Å²) < 4.78 is 0. The lowest BCUT2D eigenvalue weighted by molar-refractivity contribution is -0.123. The van der Waals surface area contributed by atoms with Crippen molar-refractivity contribution < 1.29 is 9.59 Å². The van der Waals surface area contributed by atoms with Crippen molar-refractivity contribution in [3.05, 3.63) is 0 Å². The highest BCUT2D eigenvalue weighted by atomic mass is 16.2. The Labute approximate surface area is 185 Å². The van der Waals surface area contributed by atoms with Gasteiger partial charge in [-0.25, -0.2) is 4.79 Å². The van der Waals surface area contributed by atoms with Gasteiger partial charge in [0.05, 0.1) is 13.1 Å². The van der Waals surface area contributed by atoms with Gasteiger partial charge in [-0.05, 0) is 47.0 Å². The molecule has 2 amide bonds. The van der Waals surface area contributed by atoms with E-state index in [0.29, 0.717) is 6.54 Å². The molecule has 1 N–H and O–H groups in total. The zero-order chi connectivity index (χ0) is 22.2. The van der Waals surface area contributed by atoms with Crippen molar-refractivity contribution in [2.75, 3.05) is 19.6 Å². The van der Waals surface area contributed by atoms with E-state index in [9.17, 15) is 9.59 Å². The van der Waals surface area contributed by atoms with E-state index in [2.05, 4.69) is 39.9 Å². The van der Waals surface area contributed by atoms with Crippen LogP contribution in [0.15, 0.2) is 0 Å². The Bertz CT molecular complexity index is 543. The van der Waals surface area contributed by atoms with E-state index in [0.717, 1.165) is 32.2 Å². The summed E-state index contributed by atoms with van der Waals surface area (Å²) in [6.45, 7) is 12.3. The van der Waals surface area contributed by atoms with Crippen LogP contribution in [0.5, 0.6) is 0 Å². The fourth-order valence-electron chi connectivity index (χ4n) is 5.51. The Morgan fingerprint density at radius 3 is 1.83 bits per heavy atom. The van der Waals surface area contributed by atoms with Crippen LogP contribution in [-0.4, -0.2) is 58.4 Å². The third-order valence-corrected chi connectivity index (χ3v) is 6.62. The van der Waals surface area contributed by atoms with Gasteiger partial charge in [-0.1, -0.05) is 64.7 Å². The highest BCUT2D eigenvalue weighted by molar-refractivity contribution is 5.93. The average Bonchev–Trinajstić information content (AvgIpc) is 2.63. The van der Waals surface area contributed by atoms with E-state index >= 15 is 0 Å². The number of carbonyl (C=O) groups excluding carboxylic acids is 2. The monoisotopic (exact) mass is 421 g/mol. The summed E-state index contributed by atoms with van der Waals surface area (Å²) in [4.78, 5) is 29.3. The quantitative estimate of drug-likeness (QED) is 0.422. The number of hydrogen-bond donors (Lipinski definition) is 1. The smallest absolute Gasteiger partial charge is 0.317 e. The number of amides is 2. The summed E-state index contributed by atoms with van der Waals surface area (Å²) in [5.74, 6) is 0.177. The lowest BCUT2D eigenvalue weighted by Gasteiger charge is -2.51. The van der Waals surface area contributed by atoms with Gasteiger partial charge in [0.1, 0.15) is 0 Å². The van der Waals surface area contributed by atoms with E-state index in [4.69, 9.17) is 0 Å². The van der Waals surface area contributed by atoms with Crippen molar-refractivity contribution in [3.63, 3.8) is 0 Å². The molecular weight excluding hydrogens is 374 g/mol. The molecule has 2 fully saturated rings. The highest BCUT2D eigenvalue weighted by Crippen LogP contribution is 2.32. The van der Waals surface area contributed by atoms with Crippen molar-refractivity contribution in [1.82, 2.24) is 15.1 Å². The molecule has 0 saturated carbocycles. The predicted molar refractivity (Wildman–Crippen MR) is 125 cm³/mol. The summed E-state index contributed by atoms with van der Waals surface area (Å²) in [7, 11) is 0. The normalized spacial score (nSPS) is 22.0. The molecule has 2 aliphatic rings. The maximum atomic E-state index is 13.2. The van der Waals surface area contributed by atoms with Crippen LogP contribution in [-0.2, 0) is 4.79 Å². The van der Waals surface area contributed by atoms with Crippen LogP contribution in [0.1, 0.15) is 112 Å². The SMILES string of the molecule is CCCCCCCCCCCCN1CC(=O)CN(C2CC(C)(C)NC(C)(C)C2)C1=O. The lowest BCUT2D eigenvalue weighted by atomic mass is 9.79. The average molecular weight is 422 g/mol. The van der Waals surface area contributed by atoms with Crippen LogP contribution < -0.4 is 5.32 Å². The van der Waals surface area contributed by atoms with Gasteiger partial charge >= 0.3 is 6.03 Å². The number of hydrogen-bond acceptors (Lipinski definition) is 3. The van der Waals surface area contributed by atoms with Crippen molar-refractivity contribution in [3.8, 4) is 0 Å². The Hall–Kier alpha value is -1.10. The van der Waals surface area contributed by atoms with E-state index in [1.807, 2.05) is 4.90 Å². The van der Waals surface area contributed by atoms with E-state index < -0.39 is 0 Å².